The van der Waals surface area contributed by atoms with E-state index in [-0.39, 0.29) is 0 Å². The molecular formula is C12H9ClN4. The Labute approximate surface area is 104 Å². The number of halogens is 1. The first-order valence-electron chi connectivity index (χ1n) is 4.94. The zero-order valence-electron chi connectivity index (χ0n) is 9.11. The van der Waals surface area contributed by atoms with Crippen LogP contribution in [-0.4, -0.2) is 9.97 Å². The molecule has 84 valence electrons. The van der Waals surface area contributed by atoms with Crippen molar-refractivity contribution < 1.29 is 0 Å². The lowest BCUT2D eigenvalue weighted by atomic mass is 10.2. The van der Waals surface area contributed by atoms with Gasteiger partial charge in [0.05, 0.1) is 12.4 Å². The second-order valence-corrected chi connectivity index (χ2v) is 3.92. The summed E-state index contributed by atoms with van der Waals surface area (Å²) >= 11 is 5.87. The van der Waals surface area contributed by atoms with Gasteiger partial charge in [-0.1, -0.05) is 11.6 Å². The molecule has 0 fully saturated rings. The molecule has 0 spiro atoms. The Balaban J connectivity index is 2.23. The van der Waals surface area contributed by atoms with Crippen molar-refractivity contribution in [1.82, 2.24) is 9.97 Å². The van der Waals surface area contributed by atoms with Crippen molar-refractivity contribution in [2.75, 3.05) is 5.32 Å². The zero-order valence-corrected chi connectivity index (χ0v) is 9.86. The molecule has 0 radical (unpaired) electrons. The van der Waals surface area contributed by atoms with E-state index in [2.05, 4.69) is 15.3 Å². The van der Waals surface area contributed by atoms with Crippen LogP contribution in [0.4, 0.5) is 11.5 Å². The monoisotopic (exact) mass is 244 g/mol. The molecule has 0 aliphatic rings. The lowest BCUT2D eigenvalue weighted by Crippen LogP contribution is -1.97. The van der Waals surface area contributed by atoms with E-state index in [0.29, 0.717) is 16.5 Å². The second kappa shape index (κ2) is 4.81. The van der Waals surface area contributed by atoms with Crippen LogP contribution in [0, 0.1) is 18.3 Å². The van der Waals surface area contributed by atoms with Gasteiger partial charge in [-0.3, -0.25) is 0 Å². The van der Waals surface area contributed by atoms with Gasteiger partial charge in [0.2, 0.25) is 0 Å². The summed E-state index contributed by atoms with van der Waals surface area (Å²) in [6.07, 6.45) is 2.94. The minimum Gasteiger partial charge on any atom is -0.339 e. The maximum Gasteiger partial charge on any atom is 0.158 e. The van der Waals surface area contributed by atoms with Crippen molar-refractivity contribution in [2.45, 2.75) is 6.92 Å². The topological polar surface area (TPSA) is 61.6 Å². The van der Waals surface area contributed by atoms with Crippen molar-refractivity contribution in [2.24, 2.45) is 0 Å². The van der Waals surface area contributed by atoms with Gasteiger partial charge in [-0.2, -0.15) is 5.26 Å². The molecular weight excluding hydrogens is 236 g/mol. The maximum atomic E-state index is 8.61. The minimum absolute atomic E-state index is 0.295. The van der Waals surface area contributed by atoms with E-state index in [0.717, 1.165) is 11.3 Å². The molecule has 4 nitrogen and oxygen atoms in total. The summed E-state index contributed by atoms with van der Waals surface area (Å²) in [5.74, 6) is 0.592. The highest BCUT2D eigenvalue weighted by Gasteiger charge is 2.01. The largest absolute Gasteiger partial charge is 0.339 e. The maximum absolute atomic E-state index is 8.61. The Hall–Kier alpha value is -2.12. The third kappa shape index (κ3) is 2.71. The van der Waals surface area contributed by atoms with Gasteiger partial charge >= 0.3 is 0 Å². The SMILES string of the molecule is Cc1cc(Cl)ccc1Nc1cnc(C#N)cn1. The van der Waals surface area contributed by atoms with Gasteiger partial charge < -0.3 is 5.32 Å². The molecule has 0 saturated carbocycles. The Bertz CT molecular complexity index is 572. The van der Waals surface area contributed by atoms with Crippen molar-refractivity contribution in [3.05, 3.63) is 46.9 Å². The second-order valence-electron chi connectivity index (χ2n) is 3.48. The summed E-state index contributed by atoms with van der Waals surface area (Å²) in [5.41, 5.74) is 2.22. The smallest absolute Gasteiger partial charge is 0.158 e. The number of anilines is 2. The molecule has 0 aliphatic carbocycles. The molecule has 1 heterocycles. The fourth-order valence-corrected chi connectivity index (χ4v) is 1.58. The van der Waals surface area contributed by atoms with Gasteiger partial charge in [0.15, 0.2) is 5.69 Å². The van der Waals surface area contributed by atoms with E-state index in [9.17, 15) is 0 Å². The molecule has 0 aliphatic heterocycles. The molecule has 17 heavy (non-hydrogen) atoms. The van der Waals surface area contributed by atoms with E-state index in [1.54, 1.807) is 6.07 Å². The average molecular weight is 245 g/mol. The summed E-state index contributed by atoms with van der Waals surface area (Å²) in [5, 5.41) is 12.4. The Morgan fingerprint density at radius 3 is 2.71 bits per heavy atom. The molecule has 1 aromatic heterocycles. The van der Waals surface area contributed by atoms with Crippen LogP contribution in [0.15, 0.2) is 30.6 Å². The third-order valence-corrected chi connectivity index (χ3v) is 2.45. The fourth-order valence-electron chi connectivity index (χ4n) is 1.36. The Morgan fingerprint density at radius 1 is 1.29 bits per heavy atom. The third-order valence-electron chi connectivity index (χ3n) is 2.22. The summed E-state index contributed by atoms with van der Waals surface area (Å²) in [7, 11) is 0. The summed E-state index contributed by atoms with van der Waals surface area (Å²) in [6, 6.07) is 7.45. The summed E-state index contributed by atoms with van der Waals surface area (Å²) in [6.45, 7) is 1.95. The molecule has 1 N–H and O–H groups in total. The quantitative estimate of drug-likeness (QED) is 0.882. The van der Waals surface area contributed by atoms with Gasteiger partial charge in [0, 0.05) is 10.7 Å². The number of rotatable bonds is 2. The predicted molar refractivity (Wildman–Crippen MR) is 66.2 cm³/mol. The Kier molecular flexibility index (Phi) is 3.22. The number of hydrogen-bond acceptors (Lipinski definition) is 4. The molecule has 0 unspecified atom stereocenters. The molecule has 2 rings (SSSR count). The first kappa shape index (κ1) is 11.4. The molecule has 2 aromatic rings. The zero-order chi connectivity index (χ0) is 12.3. The molecule has 0 saturated heterocycles. The first-order valence-corrected chi connectivity index (χ1v) is 5.32. The van der Waals surface area contributed by atoms with E-state index >= 15 is 0 Å². The van der Waals surface area contributed by atoms with Gasteiger partial charge in [0.1, 0.15) is 11.9 Å². The number of nitrogens with one attached hydrogen (secondary N) is 1. The average Bonchev–Trinajstić information content (AvgIpc) is 2.34. The predicted octanol–water partition coefficient (Wildman–Crippen LogP) is 3.05. The van der Waals surface area contributed by atoms with Gasteiger partial charge in [-0.15, -0.1) is 0 Å². The fraction of sp³-hybridized carbons (Fsp3) is 0.0833. The summed E-state index contributed by atoms with van der Waals surface area (Å²) in [4.78, 5) is 8.01. The van der Waals surface area contributed by atoms with Crippen molar-refractivity contribution in [3.8, 4) is 6.07 Å². The van der Waals surface area contributed by atoms with Crippen LogP contribution in [-0.2, 0) is 0 Å². The van der Waals surface area contributed by atoms with Crippen LogP contribution in [0.3, 0.4) is 0 Å². The number of aryl methyl sites for hydroxylation is 1. The van der Waals surface area contributed by atoms with Crippen LogP contribution < -0.4 is 5.32 Å². The molecule has 1 aromatic carbocycles. The van der Waals surface area contributed by atoms with Gasteiger partial charge in [-0.25, -0.2) is 9.97 Å². The van der Waals surface area contributed by atoms with Crippen LogP contribution in [0.5, 0.6) is 0 Å². The van der Waals surface area contributed by atoms with Crippen molar-refractivity contribution in [1.29, 1.82) is 5.26 Å². The minimum atomic E-state index is 0.295. The highest BCUT2D eigenvalue weighted by molar-refractivity contribution is 6.30. The first-order chi connectivity index (χ1) is 8.19. The normalized spacial score (nSPS) is 9.71. The number of nitriles is 1. The van der Waals surface area contributed by atoms with Crippen LogP contribution in [0.25, 0.3) is 0 Å². The standard InChI is InChI=1S/C12H9ClN4/c1-8-4-9(13)2-3-11(8)17-12-7-15-10(5-14)6-16-12/h2-4,6-7H,1H3,(H,16,17). The van der Waals surface area contributed by atoms with Crippen LogP contribution in [0.1, 0.15) is 11.3 Å². The van der Waals surface area contributed by atoms with E-state index < -0.39 is 0 Å². The van der Waals surface area contributed by atoms with Crippen LogP contribution in [0.2, 0.25) is 5.02 Å². The lowest BCUT2D eigenvalue weighted by Gasteiger charge is -2.08. The molecule has 0 bridgehead atoms. The number of hydrogen-bond donors (Lipinski definition) is 1. The van der Waals surface area contributed by atoms with E-state index in [1.807, 2.05) is 25.1 Å². The molecule has 0 atom stereocenters. The highest BCUT2D eigenvalue weighted by Crippen LogP contribution is 2.22. The molecule has 5 heteroatoms. The number of nitrogens with zero attached hydrogens (tertiary/aromatic N) is 3. The number of aromatic nitrogens is 2. The van der Waals surface area contributed by atoms with Crippen molar-refractivity contribution >= 4 is 23.1 Å². The van der Waals surface area contributed by atoms with Gasteiger partial charge in [-0.05, 0) is 30.7 Å². The Morgan fingerprint density at radius 2 is 2.12 bits per heavy atom. The number of benzene rings is 1. The summed E-state index contributed by atoms with van der Waals surface area (Å²) < 4.78 is 0. The van der Waals surface area contributed by atoms with Gasteiger partial charge in [0.25, 0.3) is 0 Å². The lowest BCUT2D eigenvalue weighted by molar-refractivity contribution is 1.16. The van der Waals surface area contributed by atoms with Crippen LogP contribution >= 0.6 is 11.6 Å². The van der Waals surface area contributed by atoms with E-state index in [4.69, 9.17) is 16.9 Å². The highest BCUT2D eigenvalue weighted by atomic mass is 35.5. The van der Waals surface area contributed by atoms with Crippen molar-refractivity contribution in [3.63, 3.8) is 0 Å². The molecule has 0 amide bonds. The van der Waals surface area contributed by atoms with E-state index in [1.165, 1.54) is 12.4 Å².